The van der Waals surface area contributed by atoms with E-state index in [-0.39, 0.29) is 0 Å². The molecule has 0 aliphatic heterocycles. The fourth-order valence-electron chi connectivity index (χ4n) is 0.534. The summed E-state index contributed by atoms with van der Waals surface area (Å²) in [5, 5.41) is 0. The Hall–Kier alpha value is -0.0600. The molecule has 0 rings (SSSR count). The van der Waals surface area contributed by atoms with Crippen molar-refractivity contribution in [3.63, 3.8) is 0 Å². The van der Waals surface area contributed by atoms with Gasteiger partial charge in [-0.25, -0.2) is 0 Å². The van der Waals surface area contributed by atoms with Crippen molar-refractivity contribution in [1.82, 2.24) is 0 Å². The van der Waals surface area contributed by atoms with E-state index in [1.807, 2.05) is 0 Å². The molecule has 0 saturated heterocycles. The molecule has 6 heteroatoms. The monoisotopic (exact) mass is 226 g/mol. The maximum Gasteiger partial charge on any atom is 0.694 e. The average molecular weight is 226 g/mol. The van der Waals surface area contributed by atoms with Gasteiger partial charge in [-0.3, -0.25) is 0 Å². The van der Waals surface area contributed by atoms with Crippen molar-refractivity contribution in [2.24, 2.45) is 5.73 Å². The largest absolute Gasteiger partial charge is 0.694 e. The Balaban J connectivity index is 0. The molecule has 0 amide bonds. The lowest BCUT2D eigenvalue weighted by atomic mass is 10.4. The zero-order chi connectivity index (χ0) is 11.2. The highest BCUT2D eigenvalue weighted by Gasteiger charge is 2.02. The maximum absolute atomic E-state index is 9.29. The molecule has 1 unspecified atom stereocenters. The zero-order valence-electron chi connectivity index (χ0n) is 8.94. The highest BCUT2D eigenvalue weighted by molar-refractivity contribution is 7.32. The Kier molecular flexibility index (Phi) is 18.0. The van der Waals surface area contributed by atoms with Crippen molar-refractivity contribution in [2.45, 2.75) is 26.2 Å². The highest BCUT2D eigenvalue weighted by atomic mass is 31.1. The molecule has 0 bridgehead atoms. The van der Waals surface area contributed by atoms with Crippen molar-refractivity contribution in [3.8, 4) is 0 Å². The molecule has 1 atom stereocenters. The third-order valence-corrected chi connectivity index (χ3v) is 1.60. The predicted molar refractivity (Wildman–Crippen MR) is 56.2 cm³/mol. The van der Waals surface area contributed by atoms with Gasteiger partial charge in [-0.05, 0) is 19.4 Å². The smallest absolute Gasteiger partial charge is 0.381 e. The van der Waals surface area contributed by atoms with Gasteiger partial charge in [0, 0.05) is 17.8 Å². The lowest BCUT2D eigenvalue weighted by molar-refractivity contribution is 0.130. The number of rotatable bonds is 7. The summed E-state index contributed by atoms with van der Waals surface area (Å²) in [4.78, 5) is 7.65. The Morgan fingerprint density at radius 3 is 2.21 bits per heavy atom. The predicted octanol–water partition coefficient (Wildman–Crippen LogP) is 1.43. The summed E-state index contributed by atoms with van der Waals surface area (Å²) in [6.45, 7) is 4.63. The minimum absolute atomic E-state index is 0.742. The minimum Gasteiger partial charge on any atom is -0.381 e. The Morgan fingerprint density at radius 1 is 1.36 bits per heavy atom. The van der Waals surface area contributed by atoms with Gasteiger partial charge >= 0.3 is 8.25 Å². The quantitative estimate of drug-likeness (QED) is 0.507. The van der Waals surface area contributed by atoms with Gasteiger partial charge in [0.2, 0.25) is 0 Å². The van der Waals surface area contributed by atoms with Gasteiger partial charge in [0.25, 0.3) is 0 Å². The third kappa shape index (κ3) is 22.7. The van der Waals surface area contributed by atoms with Crippen LogP contribution in [-0.4, -0.2) is 31.8 Å². The van der Waals surface area contributed by atoms with Crippen LogP contribution in [0.4, 0.5) is 0 Å². The van der Waals surface area contributed by atoms with Crippen LogP contribution in [0.15, 0.2) is 0 Å². The van der Waals surface area contributed by atoms with Crippen molar-refractivity contribution >= 4 is 8.25 Å². The van der Waals surface area contributed by atoms with E-state index < -0.39 is 8.25 Å². The van der Waals surface area contributed by atoms with Crippen LogP contribution < -0.4 is 5.73 Å². The summed E-state index contributed by atoms with van der Waals surface area (Å²) in [6, 6.07) is 0. The maximum atomic E-state index is 9.29. The molecular weight excluding hydrogens is 205 g/mol. The van der Waals surface area contributed by atoms with E-state index in [1.54, 1.807) is 0 Å². The molecule has 0 aromatic rings. The van der Waals surface area contributed by atoms with Crippen molar-refractivity contribution in [2.75, 3.05) is 26.9 Å². The standard InChI is InChI=1S/C7H17NO.CH3O3P/c1-2-3-6-9-7-4-5-8;1-4-5(2)3/h2-8H2,1H3;1H3/p+1. The first-order valence-corrected chi connectivity index (χ1v) is 5.80. The first-order valence-electron chi connectivity index (χ1n) is 4.67. The van der Waals surface area contributed by atoms with E-state index in [0.29, 0.717) is 0 Å². The van der Waals surface area contributed by atoms with Gasteiger partial charge in [0.15, 0.2) is 0 Å². The highest BCUT2D eigenvalue weighted by Crippen LogP contribution is 2.09. The molecule has 0 aromatic heterocycles. The van der Waals surface area contributed by atoms with Crippen LogP contribution in [0.1, 0.15) is 26.2 Å². The Morgan fingerprint density at radius 2 is 1.86 bits per heavy atom. The van der Waals surface area contributed by atoms with Crippen molar-refractivity contribution in [1.29, 1.82) is 0 Å². The second kappa shape index (κ2) is 15.4. The Labute approximate surface area is 86.5 Å². The fraction of sp³-hybridized carbons (Fsp3) is 1.00. The Bertz CT molecular complexity index is 118. The molecule has 3 N–H and O–H groups in total. The number of ether oxygens (including phenoxy) is 1. The van der Waals surface area contributed by atoms with Crippen molar-refractivity contribution < 1.29 is 18.7 Å². The number of nitrogens with two attached hydrogens (primary N) is 1. The number of hydrogen-bond donors (Lipinski definition) is 2. The molecule has 0 saturated carbocycles. The van der Waals surface area contributed by atoms with Gasteiger partial charge in [0.05, 0.1) is 7.11 Å². The number of unbranched alkanes of at least 4 members (excludes halogenated alkanes) is 1. The summed E-state index contributed by atoms with van der Waals surface area (Å²) >= 11 is 0. The molecule has 14 heavy (non-hydrogen) atoms. The van der Waals surface area contributed by atoms with Crippen LogP contribution in [0.3, 0.4) is 0 Å². The molecule has 0 fully saturated rings. The van der Waals surface area contributed by atoms with Crippen LogP contribution in [0.25, 0.3) is 0 Å². The van der Waals surface area contributed by atoms with Crippen LogP contribution in [-0.2, 0) is 13.8 Å². The molecular formula is C8H21NO4P+. The molecule has 5 nitrogen and oxygen atoms in total. The zero-order valence-corrected chi connectivity index (χ0v) is 9.83. The van der Waals surface area contributed by atoms with Crippen LogP contribution in [0, 0.1) is 0 Å². The molecule has 0 radical (unpaired) electrons. The lowest BCUT2D eigenvalue weighted by Crippen LogP contribution is -2.04. The summed E-state index contributed by atoms with van der Waals surface area (Å²) in [5.74, 6) is 0. The topological polar surface area (TPSA) is 81.8 Å². The van der Waals surface area contributed by atoms with Crippen LogP contribution in [0.2, 0.25) is 0 Å². The first kappa shape index (κ1) is 16.4. The first-order chi connectivity index (χ1) is 6.68. The van der Waals surface area contributed by atoms with E-state index >= 15 is 0 Å². The summed E-state index contributed by atoms with van der Waals surface area (Å²) in [5.41, 5.74) is 5.26. The third-order valence-electron chi connectivity index (χ3n) is 1.29. The van der Waals surface area contributed by atoms with Crippen molar-refractivity contribution in [3.05, 3.63) is 0 Å². The van der Waals surface area contributed by atoms with Gasteiger partial charge in [0.1, 0.15) is 0 Å². The molecule has 0 spiro atoms. The van der Waals surface area contributed by atoms with Gasteiger partial charge in [-0.15, -0.1) is 9.42 Å². The molecule has 86 valence electrons. The second-order valence-corrected chi connectivity index (χ2v) is 3.37. The lowest BCUT2D eigenvalue weighted by Gasteiger charge is -1.99. The van der Waals surface area contributed by atoms with E-state index in [1.165, 1.54) is 20.0 Å². The summed E-state index contributed by atoms with van der Waals surface area (Å²) in [6.07, 6.45) is 3.37. The van der Waals surface area contributed by atoms with Crippen LogP contribution >= 0.6 is 8.25 Å². The molecule has 0 aromatic carbocycles. The fourth-order valence-corrected chi connectivity index (χ4v) is 0.534. The van der Waals surface area contributed by atoms with E-state index in [2.05, 4.69) is 11.4 Å². The SMILES string of the molecule is CCCCOCCCN.CO[P+](=O)O. The number of hydrogen-bond acceptors (Lipinski definition) is 4. The van der Waals surface area contributed by atoms with Crippen LogP contribution in [0.5, 0.6) is 0 Å². The van der Waals surface area contributed by atoms with Gasteiger partial charge in [-0.2, -0.15) is 0 Å². The van der Waals surface area contributed by atoms with E-state index in [4.69, 9.17) is 15.4 Å². The second-order valence-electron chi connectivity index (χ2n) is 2.53. The van der Waals surface area contributed by atoms with E-state index in [0.717, 1.165) is 26.2 Å². The summed E-state index contributed by atoms with van der Waals surface area (Å²) < 4.78 is 18.3. The summed E-state index contributed by atoms with van der Waals surface area (Å²) in [7, 11) is -1.18. The normalized spacial score (nSPS) is 10.4. The molecule has 0 aliphatic carbocycles. The van der Waals surface area contributed by atoms with E-state index in [9.17, 15) is 4.57 Å². The minimum atomic E-state index is -2.35. The molecule has 0 heterocycles. The van der Waals surface area contributed by atoms with Gasteiger partial charge in [-0.1, -0.05) is 13.3 Å². The molecule has 0 aliphatic rings. The average Bonchev–Trinajstić information content (AvgIpc) is 2.19. The van der Waals surface area contributed by atoms with Gasteiger partial charge < -0.3 is 10.5 Å².